The molecule has 13 heavy (non-hydrogen) atoms. The van der Waals surface area contributed by atoms with Gasteiger partial charge in [-0.05, 0) is 26.9 Å². The molecule has 0 spiro atoms. The highest BCUT2D eigenvalue weighted by Gasteiger charge is 2.41. The minimum atomic E-state index is -0.366. The molecule has 1 aliphatic rings. The van der Waals surface area contributed by atoms with E-state index in [-0.39, 0.29) is 11.6 Å². The Morgan fingerprint density at radius 2 is 2.00 bits per heavy atom. The van der Waals surface area contributed by atoms with Gasteiger partial charge in [-0.2, -0.15) is 0 Å². The minimum Gasteiger partial charge on any atom is -0.390 e. The Labute approximate surface area is 80.9 Å². The topological polar surface area (TPSA) is 23.5 Å². The van der Waals surface area contributed by atoms with E-state index in [9.17, 15) is 5.11 Å². The number of likely N-dealkylation sites (N-methyl/N-ethyl adjacent to an activating group) is 1. The Morgan fingerprint density at radius 3 is 2.38 bits per heavy atom. The first-order valence-electron chi connectivity index (χ1n) is 4.92. The summed E-state index contributed by atoms with van der Waals surface area (Å²) < 4.78 is 0. The molecule has 1 N–H and O–H groups in total. The Morgan fingerprint density at radius 1 is 1.46 bits per heavy atom. The maximum absolute atomic E-state index is 9.99. The molecule has 0 saturated heterocycles. The number of aliphatic hydroxyl groups excluding tert-OH is 1. The highest BCUT2D eigenvalue weighted by atomic mass is 16.3. The maximum atomic E-state index is 9.99. The average Bonchev–Trinajstić information content (AvgIpc) is 2.53. The van der Waals surface area contributed by atoms with Gasteiger partial charge in [-0.25, -0.2) is 0 Å². The molecular weight excluding hydrogens is 162 g/mol. The second kappa shape index (κ2) is 4.13. The molecule has 1 fully saturated rings. The molecule has 0 radical (unpaired) electrons. The van der Waals surface area contributed by atoms with Crippen molar-refractivity contribution in [3.8, 4) is 12.3 Å². The van der Waals surface area contributed by atoms with Gasteiger partial charge < -0.3 is 10.0 Å². The van der Waals surface area contributed by atoms with Crippen LogP contribution in [0.1, 0.15) is 32.1 Å². The standard InChI is InChI=1S/C11H19NO/c1-4-7-10(13)11(12(2)3)8-5-6-9-11/h1,10,13H,5-9H2,2-3H3. The fraction of sp³-hybridized carbons (Fsp3) is 0.818. The van der Waals surface area contributed by atoms with Crippen LogP contribution in [0.3, 0.4) is 0 Å². The highest BCUT2D eigenvalue weighted by molar-refractivity contribution is 5.03. The second-order valence-electron chi connectivity index (χ2n) is 4.13. The lowest BCUT2D eigenvalue weighted by molar-refractivity contribution is 0.000350. The van der Waals surface area contributed by atoms with E-state index in [2.05, 4.69) is 10.8 Å². The van der Waals surface area contributed by atoms with Crippen molar-refractivity contribution < 1.29 is 5.11 Å². The Balaban J connectivity index is 2.73. The van der Waals surface area contributed by atoms with Gasteiger partial charge in [0.15, 0.2) is 0 Å². The summed E-state index contributed by atoms with van der Waals surface area (Å²) in [6.07, 6.45) is 9.89. The predicted octanol–water partition coefficient (Wildman–Crippen LogP) is 1.25. The first kappa shape index (κ1) is 10.6. The number of hydrogen-bond acceptors (Lipinski definition) is 2. The first-order valence-corrected chi connectivity index (χ1v) is 4.92. The van der Waals surface area contributed by atoms with Crippen molar-refractivity contribution in [2.24, 2.45) is 0 Å². The Kier molecular flexibility index (Phi) is 3.35. The van der Waals surface area contributed by atoms with E-state index in [1.54, 1.807) is 0 Å². The summed E-state index contributed by atoms with van der Waals surface area (Å²) in [5.41, 5.74) is -0.0492. The third kappa shape index (κ3) is 1.87. The van der Waals surface area contributed by atoms with E-state index >= 15 is 0 Å². The van der Waals surface area contributed by atoms with Gasteiger partial charge in [-0.3, -0.25) is 0 Å². The molecule has 2 heteroatoms. The molecule has 1 saturated carbocycles. The van der Waals surface area contributed by atoms with Gasteiger partial charge in [0.1, 0.15) is 0 Å². The van der Waals surface area contributed by atoms with Crippen molar-refractivity contribution in [2.75, 3.05) is 14.1 Å². The molecule has 1 aliphatic carbocycles. The lowest BCUT2D eigenvalue weighted by Crippen LogP contribution is -2.51. The van der Waals surface area contributed by atoms with Crippen LogP contribution in [0.15, 0.2) is 0 Å². The quantitative estimate of drug-likeness (QED) is 0.662. The van der Waals surface area contributed by atoms with Crippen molar-refractivity contribution in [3.05, 3.63) is 0 Å². The van der Waals surface area contributed by atoms with Gasteiger partial charge in [-0.1, -0.05) is 12.8 Å². The molecule has 0 bridgehead atoms. The fourth-order valence-electron chi connectivity index (χ4n) is 2.37. The molecule has 0 aromatic rings. The monoisotopic (exact) mass is 181 g/mol. The lowest BCUT2D eigenvalue weighted by atomic mass is 9.87. The van der Waals surface area contributed by atoms with E-state index in [1.807, 2.05) is 14.1 Å². The summed E-state index contributed by atoms with van der Waals surface area (Å²) in [5.74, 6) is 2.55. The van der Waals surface area contributed by atoms with E-state index in [0.29, 0.717) is 6.42 Å². The highest BCUT2D eigenvalue weighted by Crippen LogP contribution is 2.37. The van der Waals surface area contributed by atoms with E-state index < -0.39 is 0 Å². The van der Waals surface area contributed by atoms with Gasteiger partial charge >= 0.3 is 0 Å². The van der Waals surface area contributed by atoms with Crippen LogP contribution in [0, 0.1) is 12.3 Å². The minimum absolute atomic E-state index is 0.0492. The van der Waals surface area contributed by atoms with Gasteiger partial charge in [0, 0.05) is 12.0 Å². The molecular formula is C11H19NO. The van der Waals surface area contributed by atoms with E-state index in [0.717, 1.165) is 12.8 Å². The SMILES string of the molecule is C#CCC(O)C1(N(C)C)CCCC1. The molecule has 0 aromatic carbocycles. The molecule has 1 rings (SSSR count). The number of rotatable bonds is 3. The Hall–Kier alpha value is -0.520. The normalized spacial score (nSPS) is 23.0. The number of terminal acetylenes is 1. The smallest absolute Gasteiger partial charge is 0.0832 e. The van der Waals surface area contributed by atoms with Crippen molar-refractivity contribution in [1.82, 2.24) is 4.90 Å². The van der Waals surface area contributed by atoms with Crippen LogP contribution in [0.5, 0.6) is 0 Å². The molecule has 0 aromatic heterocycles. The third-order valence-electron chi connectivity index (χ3n) is 3.29. The zero-order chi connectivity index (χ0) is 9.90. The summed E-state index contributed by atoms with van der Waals surface area (Å²) in [5, 5.41) is 9.99. The zero-order valence-electron chi connectivity index (χ0n) is 8.58. The summed E-state index contributed by atoms with van der Waals surface area (Å²) >= 11 is 0. The van der Waals surface area contributed by atoms with Crippen molar-refractivity contribution in [3.63, 3.8) is 0 Å². The molecule has 1 atom stereocenters. The molecule has 1 unspecified atom stereocenters. The number of aliphatic hydroxyl groups is 1. The first-order chi connectivity index (χ1) is 6.13. The predicted molar refractivity (Wildman–Crippen MR) is 54.3 cm³/mol. The third-order valence-corrected chi connectivity index (χ3v) is 3.29. The van der Waals surface area contributed by atoms with E-state index in [4.69, 9.17) is 6.42 Å². The summed E-state index contributed by atoms with van der Waals surface area (Å²) in [6, 6.07) is 0. The zero-order valence-corrected chi connectivity index (χ0v) is 8.58. The molecule has 2 nitrogen and oxygen atoms in total. The van der Waals surface area contributed by atoms with Crippen LogP contribution in [0.2, 0.25) is 0 Å². The molecule has 0 heterocycles. The summed E-state index contributed by atoms with van der Waals surface area (Å²) in [7, 11) is 4.07. The van der Waals surface area contributed by atoms with Gasteiger partial charge in [0.05, 0.1) is 6.10 Å². The van der Waals surface area contributed by atoms with Crippen molar-refractivity contribution in [2.45, 2.75) is 43.7 Å². The van der Waals surface area contributed by atoms with Crippen LogP contribution in [0.25, 0.3) is 0 Å². The summed E-state index contributed by atoms with van der Waals surface area (Å²) in [6.45, 7) is 0. The summed E-state index contributed by atoms with van der Waals surface area (Å²) in [4.78, 5) is 2.14. The molecule has 74 valence electrons. The number of hydrogen-bond donors (Lipinski definition) is 1. The van der Waals surface area contributed by atoms with Crippen LogP contribution in [-0.4, -0.2) is 35.7 Å². The van der Waals surface area contributed by atoms with Crippen molar-refractivity contribution >= 4 is 0 Å². The van der Waals surface area contributed by atoms with E-state index in [1.165, 1.54) is 12.8 Å². The van der Waals surface area contributed by atoms with Crippen LogP contribution in [-0.2, 0) is 0 Å². The van der Waals surface area contributed by atoms with Gasteiger partial charge in [-0.15, -0.1) is 12.3 Å². The average molecular weight is 181 g/mol. The number of nitrogens with zero attached hydrogens (tertiary/aromatic N) is 1. The van der Waals surface area contributed by atoms with Crippen LogP contribution < -0.4 is 0 Å². The van der Waals surface area contributed by atoms with Crippen LogP contribution in [0.4, 0.5) is 0 Å². The Bertz CT molecular complexity index is 199. The fourth-order valence-corrected chi connectivity index (χ4v) is 2.37. The largest absolute Gasteiger partial charge is 0.390 e. The molecule has 0 amide bonds. The van der Waals surface area contributed by atoms with Crippen molar-refractivity contribution in [1.29, 1.82) is 0 Å². The maximum Gasteiger partial charge on any atom is 0.0832 e. The van der Waals surface area contributed by atoms with Gasteiger partial charge in [0.2, 0.25) is 0 Å². The van der Waals surface area contributed by atoms with Gasteiger partial charge in [0.25, 0.3) is 0 Å². The second-order valence-corrected chi connectivity index (χ2v) is 4.13. The molecule has 0 aliphatic heterocycles. The lowest BCUT2D eigenvalue weighted by Gasteiger charge is -2.40. The van der Waals surface area contributed by atoms with Crippen LogP contribution >= 0.6 is 0 Å².